The zero-order valence-corrected chi connectivity index (χ0v) is 24.1. The van der Waals surface area contributed by atoms with Gasteiger partial charge in [-0.05, 0) is 48.5 Å². The average Bonchev–Trinajstić information content (AvgIpc) is 2.95. The van der Waals surface area contributed by atoms with Crippen molar-refractivity contribution in [1.82, 2.24) is 4.90 Å². The van der Waals surface area contributed by atoms with E-state index in [9.17, 15) is 13.2 Å². The number of sulfonamides is 1. The van der Waals surface area contributed by atoms with Gasteiger partial charge in [0, 0.05) is 48.0 Å². The first-order valence-electron chi connectivity index (χ1n) is 12.0. The summed E-state index contributed by atoms with van der Waals surface area (Å²) in [6.45, 7) is 1.54. The third-order valence-electron chi connectivity index (χ3n) is 6.44. The molecule has 0 bridgehead atoms. The molecule has 1 amide bonds. The molecule has 1 fully saturated rings. The molecule has 12 heteroatoms. The van der Waals surface area contributed by atoms with Gasteiger partial charge in [0.25, 0.3) is 10.0 Å². The lowest BCUT2D eigenvalue weighted by Crippen LogP contribution is -2.52. The van der Waals surface area contributed by atoms with Crippen LogP contribution in [0.1, 0.15) is 0 Å². The lowest BCUT2D eigenvalue weighted by molar-refractivity contribution is -0.129. The van der Waals surface area contributed by atoms with Crippen molar-refractivity contribution in [2.24, 2.45) is 0 Å². The van der Waals surface area contributed by atoms with Crippen LogP contribution in [0.25, 0.3) is 0 Å². The molecule has 4 rings (SSSR count). The van der Waals surface area contributed by atoms with Crippen LogP contribution in [0.4, 0.5) is 11.4 Å². The smallest absolute Gasteiger partial charge is 0.265 e. The molecule has 0 N–H and O–H groups in total. The van der Waals surface area contributed by atoms with E-state index in [4.69, 9.17) is 37.4 Å². The van der Waals surface area contributed by atoms with Gasteiger partial charge in [0.2, 0.25) is 5.91 Å². The fourth-order valence-corrected chi connectivity index (χ4v) is 6.15. The summed E-state index contributed by atoms with van der Waals surface area (Å²) in [5, 5.41) is 0.929. The minimum Gasteiger partial charge on any atom is -0.495 e. The SMILES string of the molecule is COc1ccc(S(=O)(=O)N(CC(=O)N2CCN(c3cccc(Cl)c3)CC2)c2cc(Cl)ccc2OC)cc1OC. The molecule has 1 saturated heterocycles. The van der Waals surface area contributed by atoms with E-state index in [2.05, 4.69) is 4.90 Å². The van der Waals surface area contributed by atoms with Gasteiger partial charge < -0.3 is 24.0 Å². The van der Waals surface area contributed by atoms with Crippen molar-refractivity contribution in [1.29, 1.82) is 0 Å². The molecular weight excluding hydrogens is 565 g/mol. The largest absolute Gasteiger partial charge is 0.495 e. The molecule has 39 heavy (non-hydrogen) atoms. The van der Waals surface area contributed by atoms with Crippen LogP contribution in [-0.4, -0.2) is 73.3 Å². The van der Waals surface area contributed by atoms with Crippen LogP contribution in [0.5, 0.6) is 17.2 Å². The van der Waals surface area contributed by atoms with Gasteiger partial charge in [-0.1, -0.05) is 29.3 Å². The fraction of sp³-hybridized carbons (Fsp3) is 0.296. The third kappa shape index (κ3) is 6.29. The number of piperazine rings is 1. The zero-order chi connectivity index (χ0) is 28.2. The highest BCUT2D eigenvalue weighted by molar-refractivity contribution is 7.92. The number of carbonyl (C=O) groups excluding carboxylic acids is 1. The van der Waals surface area contributed by atoms with Crippen LogP contribution < -0.4 is 23.4 Å². The molecule has 1 heterocycles. The Morgan fingerprint density at radius 2 is 1.46 bits per heavy atom. The number of ether oxygens (including phenoxy) is 3. The fourth-order valence-electron chi connectivity index (χ4n) is 4.37. The standard InChI is InChI=1S/C27H29Cl2N3O6S/c1-36-24-9-7-20(29)16-23(24)32(39(34,35)22-8-10-25(37-2)26(17-22)38-3)18-27(33)31-13-11-30(12-14-31)21-6-4-5-19(28)15-21/h4-10,15-17H,11-14,18H2,1-3H3. The molecule has 9 nitrogen and oxygen atoms in total. The number of carbonyl (C=O) groups is 1. The topological polar surface area (TPSA) is 88.6 Å². The maximum absolute atomic E-state index is 14.0. The molecule has 1 aliphatic rings. The van der Waals surface area contributed by atoms with Gasteiger partial charge in [0.1, 0.15) is 12.3 Å². The number of halogens is 2. The van der Waals surface area contributed by atoms with Crippen LogP contribution in [0.15, 0.2) is 65.6 Å². The second-order valence-electron chi connectivity index (χ2n) is 8.69. The lowest BCUT2D eigenvalue weighted by Gasteiger charge is -2.37. The number of amides is 1. The summed E-state index contributed by atoms with van der Waals surface area (Å²) in [4.78, 5) is 17.2. The van der Waals surface area contributed by atoms with Crippen molar-refractivity contribution < 1.29 is 27.4 Å². The van der Waals surface area contributed by atoms with E-state index >= 15 is 0 Å². The van der Waals surface area contributed by atoms with Crippen molar-refractivity contribution in [3.63, 3.8) is 0 Å². The number of anilines is 2. The molecule has 0 radical (unpaired) electrons. The molecule has 0 saturated carbocycles. The van der Waals surface area contributed by atoms with Gasteiger partial charge in [-0.25, -0.2) is 8.42 Å². The quantitative estimate of drug-likeness (QED) is 0.359. The molecule has 0 unspecified atom stereocenters. The van der Waals surface area contributed by atoms with Crippen molar-refractivity contribution in [3.8, 4) is 17.2 Å². The molecular formula is C27H29Cl2N3O6S. The Bertz CT molecular complexity index is 1450. The van der Waals surface area contributed by atoms with Crippen molar-refractivity contribution in [2.75, 3.05) is 63.3 Å². The summed E-state index contributed by atoms with van der Waals surface area (Å²) in [6.07, 6.45) is 0. The third-order valence-corrected chi connectivity index (χ3v) is 8.66. The summed E-state index contributed by atoms with van der Waals surface area (Å²) < 4.78 is 45.0. The Morgan fingerprint density at radius 1 is 0.821 bits per heavy atom. The van der Waals surface area contributed by atoms with Crippen LogP contribution in [0, 0.1) is 0 Å². The van der Waals surface area contributed by atoms with E-state index in [1.807, 2.05) is 24.3 Å². The molecule has 1 aliphatic heterocycles. The van der Waals surface area contributed by atoms with Crippen LogP contribution >= 0.6 is 23.2 Å². The monoisotopic (exact) mass is 593 g/mol. The first kappa shape index (κ1) is 28.7. The van der Waals surface area contributed by atoms with E-state index < -0.39 is 16.6 Å². The van der Waals surface area contributed by atoms with Crippen molar-refractivity contribution in [2.45, 2.75) is 4.90 Å². The Kier molecular flexibility index (Phi) is 8.99. The number of nitrogens with zero attached hydrogens (tertiary/aromatic N) is 3. The average molecular weight is 595 g/mol. The second kappa shape index (κ2) is 12.2. The van der Waals surface area contributed by atoms with Crippen molar-refractivity contribution in [3.05, 3.63) is 70.7 Å². The maximum atomic E-state index is 14.0. The summed E-state index contributed by atoms with van der Waals surface area (Å²) in [5.74, 6) is 0.505. The normalized spacial score (nSPS) is 13.7. The molecule has 0 spiro atoms. The highest BCUT2D eigenvalue weighted by Gasteiger charge is 2.33. The Labute approximate surface area is 238 Å². The molecule has 3 aromatic carbocycles. The summed E-state index contributed by atoms with van der Waals surface area (Å²) in [6, 6.07) is 16.4. The van der Waals surface area contributed by atoms with E-state index in [-0.39, 0.29) is 28.0 Å². The van der Waals surface area contributed by atoms with E-state index in [1.54, 1.807) is 17.0 Å². The number of hydrogen-bond donors (Lipinski definition) is 0. The van der Waals surface area contributed by atoms with Gasteiger partial charge in [-0.15, -0.1) is 0 Å². The van der Waals surface area contributed by atoms with E-state index in [0.717, 1.165) is 9.99 Å². The lowest BCUT2D eigenvalue weighted by atomic mass is 10.2. The van der Waals surface area contributed by atoms with Crippen LogP contribution in [0.2, 0.25) is 10.0 Å². The van der Waals surface area contributed by atoms with Crippen LogP contribution in [0.3, 0.4) is 0 Å². The van der Waals surface area contributed by atoms with Gasteiger partial charge in [-0.3, -0.25) is 9.10 Å². The summed E-state index contributed by atoms with van der Waals surface area (Å²) in [5.41, 5.74) is 1.11. The van der Waals surface area contributed by atoms with Gasteiger partial charge in [0.05, 0.1) is 31.9 Å². The number of hydrogen-bond acceptors (Lipinski definition) is 7. The number of benzene rings is 3. The zero-order valence-electron chi connectivity index (χ0n) is 21.8. The minimum absolute atomic E-state index is 0.0826. The maximum Gasteiger partial charge on any atom is 0.265 e. The summed E-state index contributed by atoms with van der Waals surface area (Å²) >= 11 is 12.4. The number of methoxy groups -OCH3 is 3. The number of rotatable bonds is 9. The highest BCUT2D eigenvalue weighted by atomic mass is 35.5. The first-order chi connectivity index (χ1) is 18.7. The second-order valence-corrected chi connectivity index (χ2v) is 11.4. The Hall–Kier alpha value is -3.34. The minimum atomic E-state index is -4.27. The van der Waals surface area contributed by atoms with E-state index in [1.165, 1.54) is 45.6 Å². The first-order valence-corrected chi connectivity index (χ1v) is 14.2. The molecule has 0 aliphatic carbocycles. The predicted octanol–water partition coefficient (Wildman–Crippen LogP) is 4.56. The molecule has 0 atom stereocenters. The van der Waals surface area contributed by atoms with E-state index in [0.29, 0.717) is 42.0 Å². The molecule has 3 aromatic rings. The highest BCUT2D eigenvalue weighted by Crippen LogP contribution is 2.37. The predicted molar refractivity (Wildman–Crippen MR) is 152 cm³/mol. The Balaban J connectivity index is 1.64. The van der Waals surface area contributed by atoms with Crippen LogP contribution in [-0.2, 0) is 14.8 Å². The molecule has 0 aromatic heterocycles. The van der Waals surface area contributed by atoms with Gasteiger partial charge in [0.15, 0.2) is 11.5 Å². The van der Waals surface area contributed by atoms with Crippen molar-refractivity contribution >= 4 is 50.5 Å². The summed E-state index contributed by atoms with van der Waals surface area (Å²) in [7, 11) is 0.0283. The molecule has 208 valence electrons. The van der Waals surface area contributed by atoms with Gasteiger partial charge in [-0.2, -0.15) is 0 Å². The Morgan fingerprint density at radius 3 is 2.10 bits per heavy atom. The van der Waals surface area contributed by atoms with Gasteiger partial charge >= 0.3 is 0 Å².